The van der Waals surface area contributed by atoms with E-state index in [0.29, 0.717) is 40.8 Å². The summed E-state index contributed by atoms with van der Waals surface area (Å²) >= 11 is 0. The van der Waals surface area contributed by atoms with Crippen LogP contribution >= 0.6 is 0 Å². The summed E-state index contributed by atoms with van der Waals surface area (Å²) in [6, 6.07) is 164. The van der Waals surface area contributed by atoms with Crippen molar-refractivity contribution in [1.82, 2.24) is 59.8 Å². The van der Waals surface area contributed by atoms with Crippen molar-refractivity contribution in [2.75, 3.05) is 0 Å². The highest BCUT2D eigenvalue weighted by Crippen LogP contribution is 2.43. The van der Waals surface area contributed by atoms with Crippen LogP contribution < -0.4 is 0 Å². The van der Waals surface area contributed by atoms with Crippen LogP contribution in [-0.2, 0) is 0 Å². The SMILES string of the molecule is c1ccc(-c2ccc(-c3nc(-c4ccc(-c5cccc6cccnc56)cc4)nc(-c4ccc(-c5cccc6cccnc56)cc4)n3)cc2)cc1.c1ccc2cc(-c3ccc(-c4nc(-c5cc6ccccc6c6ccccc56)cc(-c5cc6ccccc6c6ccccc56)n4)cc3)ncc2c1.c1ccc2cc(-c3nc(-c4ccc(-c5cccc6cccnc56)cc4)nc(-c4ccc5ccccc5c4)n3)ccc2c1. The third-order valence-electron chi connectivity index (χ3n) is 26.7. The Hall–Kier alpha value is -19.3. The Kier molecular flexibility index (Phi) is 22.0. The van der Waals surface area contributed by atoms with E-state index in [0.717, 1.165) is 161 Å². The van der Waals surface area contributed by atoms with Crippen LogP contribution in [0.4, 0.5) is 0 Å². The number of rotatable bonds is 14. The number of hydrogen-bond donors (Lipinski definition) is 0. The molecule has 0 fully saturated rings. The van der Waals surface area contributed by atoms with E-state index in [2.05, 4.69) is 458 Å². The Morgan fingerprint density at radius 3 is 0.789 bits per heavy atom. The first-order valence-corrected chi connectivity index (χ1v) is 47.5. The largest absolute Gasteiger partial charge is 0.256 e. The molecule has 662 valence electrons. The Morgan fingerprint density at radius 2 is 0.394 bits per heavy atom. The average Bonchev–Trinajstić information content (AvgIpc) is 0.745. The van der Waals surface area contributed by atoms with Gasteiger partial charge in [-0.05, 0) is 152 Å². The van der Waals surface area contributed by atoms with Crippen LogP contribution in [-0.4, -0.2) is 59.8 Å². The van der Waals surface area contributed by atoms with E-state index < -0.39 is 0 Å². The molecule has 20 aromatic carbocycles. The first kappa shape index (κ1) is 84.4. The normalized spacial score (nSPS) is 11.4. The van der Waals surface area contributed by atoms with E-state index >= 15 is 0 Å². The summed E-state index contributed by atoms with van der Waals surface area (Å²) in [5.41, 5.74) is 24.3. The number of aromatic nitrogens is 12. The number of hydrogen-bond acceptors (Lipinski definition) is 12. The highest BCUT2D eigenvalue weighted by Gasteiger charge is 2.22. The second-order valence-electron chi connectivity index (χ2n) is 35.4. The van der Waals surface area contributed by atoms with Gasteiger partial charge in [0, 0.05) is 119 Å². The third-order valence-corrected chi connectivity index (χ3v) is 26.7. The molecular weight excluding hydrogens is 1730 g/mol. The maximum absolute atomic E-state index is 5.32. The van der Waals surface area contributed by atoms with Gasteiger partial charge in [-0.2, -0.15) is 0 Å². The molecule has 7 heterocycles. The molecule has 0 bridgehead atoms. The van der Waals surface area contributed by atoms with Crippen molar-refractivity contribution in [2.24, 2.45) is 0 Å². The van der Waals surface area contributed by atoms with Gasteiger partial charge in [0.2, 0.25) is 0 Å². The number of fused-ring (bicyclic) bond motifs is 12. The van der Waals surface area contributed by atoms with Gasteiger partial charge in [0.05, 0.1) is 33.6 Å². The lowest BCUT2D eigenvalue weighted by Gasteiger charge is -2.15. The third kappa shape index (κ3) is 16.7. The summed E-state index contributed by atoms with van der Waals surface area (Å²) in [6.07, 6.45) is 7.46. The molecule has 0 radical (unpaired) electrons. The van der Waals surface area contributed by atoms with Crippen molar-refractivity contribution in [3.63, 3.8) is 0 Å². The molecule has 0 amide bonds. The molecule has 0 spiro atoms. The molecule has 7 aromatic heterocycles. The monoisotopic (exact) mass is 1810 g/mol. The first-order valence-electron chi connectivity index (χ1n) is 47.5. The molecule has 0 atom stereocenters. The van der Waals surface area contributed by atoms with E-state index in [4.69, 9.17) is 44.9 Å². The lowest BCUT2D eigenvalue weighted by Crippen LogP contribution is -2.00. The molecule has 0 aliphatic carbocycles. The van der Waals surface area contributed by atoms with Crippen LogP contribution in [0.1, 0.15) is 0 Å². The van der Waals surface area contributed by atoms with Gasteiger partial charge in [-0.15, -0.1) is 0 Å². The van der Waals surface area contributed by atoms with Gasteiger partial charge < -0.3 is 0 Å². The van der Waals surface area contributed by atoms with Gasteiger partial charge in [0.15, 0.2) is 40.8 Å². The summed E-state index contributed by atoms with van der Waals surface area (Å²) < 4.78 is 0. The summed E-state index contributed by atoms with van der Waals surface area (Å²) in [7, 11) is 0. The first-order chi connectivity index (χ1) is 70.3. The standard InChI is InChI=1S/C47H29N3.C45H29N5.C38H24N4/c1-2-14-35-29-48-44(27-32(35)11-1)30-21-23-31(24-22-30)47-49-45(42-25-33-12-3-5-15-36(33)38-17-7-9-19-40(38)42)28-46(50-47)43-26-34-13-4-6-16-37(34)39-18-8-10-20-41(39)43;1-2-8-30(9-3-1)31-16-22-36(23-17-31)43-48-44(37-24-18-32(19-25-37)39-14-4-10-34-12-6-28-46-41(34)39)50-45(49-43)38-26-20-33(21-27-38)40-15-5-11-35-13-7-29-47-42(35)40;1-3-9-30-23-32(20-14-25(30)7-1)37-40-36(41-38(42-37)33-21-15-26-8-2-4-10-31(26)24-33)29-18-16-27(17-19-29)34-13-5-11-28-12-6-22-39-35(28)34/h2*1-29H;1-24H. The molecule has 0 aliphatic heterocycles. The van der Waals surface area contributed by atoms with Crippen molar-refractivity contribution >= 4 is 108 Å². The van der Waals surface area contributed by atoms with E-state index in [1.165, 1.54) is 64.8 Å². The van der Waals surface area contributed by atoms with E-state index in [1.54, 1.807) is 0 Å². The molecule has 0 saturated heterocycles. The van der Waals surface area contributed by atoms with Crippen LogP contribution in [0.3, 0.4) is 0 Å². The van der Waals surface area contributed by atoms with Gasteiger partial charge in [0.1, 0.15) is 0 Å². The Labute approximate surface area is 818 Å². The molecule has 142 heavy (non-hydrogen) atoms. The maximum atomic E-state index is 5.32. The highest BCUT2D eigenvalue weighted by atomic mass is 15.0. The van der Waals surface area contributed by atoms with Crippen molar-refractivity contribution in [1.29, 1.82) is 0 Å². The van der Waals surface area contributed by atoms with Gasteiger partial charge in [-0.1, -0.05) is 419 Å². The quantitative estimate of drug-likeness (QED) is 0.0952. The average molecular weight is 1810 g/mol. The Morgan fingerprint density at radius 1 is 0.120 bits per heavy atom. The zero-order valence-electron chi connectivity index (χ0n) is 76.7. The summed E-state index contributed by atoms with van der Waals surface area (Å²) in [5.74, 6) is 4.47. The maximum Gasteiger partial charge on any atom is 0.164 e. The highest BCUT2D eigenvalue weighted by molar-refractivity contribution is 6.16. The van der Waals surface area contributed by atoms with Crippen molar-refractivity contribution in [2.45, 2.75) is 0 Å². The predicted octanol–water partition coefficient (Wildman–Crippen LogP) is 32.7. The smallest absolute Gasteiger partial charge is 0.164 e. The van der Waals surface area contributed by atoms with Crippen molar-refractivity contribution < 1.29 is 0 Å². The topological polar surface area (TPSA) is 155 Å². The van der Waals surface area contributed by atoms with Crippen molar-refractivity contribution in [3.05, 3.63) is 498 Å². The lowest BCUT2D eigenvalue weighted by molar-refractivity contribution is 1.07. The van der Waals surface area contributed by atoms with Crippen LogP contribution in [0.25, 0.3) is 266 Å². The summed E-state index contributed by atoms with van der Waals surface area (Å²) in [5, 5.41) is 19.9. The van der Waals surface area contributed by atoms with Gasteiger partial charge in [-0.25, -0.2) is 39.9 Å². The molecule has 27 rings (SSSR count). The number of para-hydroxylation sites is 3. The fourth-order valence-electron chi connectivity index (χ4n) is 19.4. The molecule has 0 saturated carbocycles. The molecule has 12 nitrogen and oxygen atoms in total. The number of benzene rings is 20. The molecule has 0 N–H and O–H groups in total. The van der Waals surface area contributed by atoms with Crippen LogP contribution in [0, 0.1) is 0 Å². The number of pyridine rings is 4. The minimum Gasteiger partial charge on any atom is -0.256 e. The molecule has 27 aromatic rings. The van der Waals surface area contributed by atoms with E-state index in [1.807, 2.05) is 55.1 Å². The fourth-order valence-corrected chi connectivity index (χ4v) is 19.4. The van der Waals surface area contributed by atoms with Crippen LogP contribution in [0.15, 0.2) is 498 Å². The van der Waals surface area contributed by atoms with E-state index in [9.17, 15) is 0 Å². The van der Waals surface area contributed by atoms with E-state index in [-0.39, 0.29) is 0 Å². The molecule has 12 heteroatoms. The fraction of sp³-hybridized carbons (Fsp3) is 0. The minimum atomic E-state index is 0.613. The molecule has 0 unspecified atom stereocenters. The predicted molar refractivity (Wildman–Crippen MR) is 584 cm³/mol. The Bertz CT molecular complexity index is 9140. The van der Waals surface area contributed by atoms with Gasteiger partial charge >= 0.3 is 0 Å². The Balaban J connectivity index is 0.000000112. The van der Waals surface area contributed by atoms with Crippen LogP contribution in [0.5, 0.6) is 0 Å². The molecule has 0 aliphatic rings. The zero-order valence-corrected chi connectivity index (χ0v) is 76.7. The van der Waals surface area contributed by atoms with Gasteiger partial charge in [-0.3, -0.25) is 19.9 Å². The zero-order chi connectivity index (χ0) is 94.2. The molecular formula is C130H82N12. The summed E-state index contributed by atoms with van der Waals surface area (Å²) in [4.78, 5) is 59.3. The second-order valence-corrected chi connectivity index (χ2v) is 35.4. The lowest BCUT2D eigenvalue weighted by atomic mass is 9.93. The number of nitrogens with zero attached hydrogens (tertiary/aromatic N) is 12. The summed E-state index contributed by atoms with van der Waals surface area (Å²) in [6.45, 7) is 0. The minimum absolute atomic E-state index is 0.613. The van der Waals surface area contributed by atoms with Crippen LogP contribution in [0.2, 0.25) is 0 Å². The second kappa shape index (κ2) is 37.1. The van der Waals surface area contributed by atoms with Crippen molar-refractivity contribution in [3.8, 4) is 158 Å². The van der Waals surface area contributed by atoms with Gasteiger partial charge in [0.25, 0.3) is 0 Å².